The number of ether oxygens (including phenoxy) is 1. The standard InChI is InChI=1S/C14H14ClN3O2S2/c1-7-8(2)22-12(10(7)13(19)20-3)18-14(21)17-9-5-4-6-16-11(9)15/h4-6H,1-3H3,(H2,17,18,21). The van der Waals surface area contributed by atoms with Crippen LogP contribution in [-0.4, -0.2) is 23.2 Å². The van der Waals surface area contributed by atoms with Crippen LogP contribution in [-0.2, 0) is 4.74 Å². The largest absolute Gasteiger partial charge is 0.465 e. The van der Waals surface area contributed by atoms with Crippen molar-refractivity contribution in [2.45, 2.75) is 13.8 Å². The normalized spacial score (nSPS) is 10.2. The van der Waals surface area contributed by atoms with Crippen LogP contribution in [0, 0.1) is 13.8 Å². The van der Waals surface area contributed by atoms with Gasteiger partial charge < -0.3 is 15.4 Å². The van der Waals surface area contributed by atoms with Crippen molar-refractivity contribution in [2.75, 3.05) is 17.7 Å². The zero-order chi connectivity index (χ0) is 16.3. The van der Waals surface area contributed by atoms with Crippen LogP contribution in [0.2, 0.25) is 5.15 Å². The SMILES string of the molecule is COC(=O)c1c(NC(=S)Nc2cccnc2Cl)sc(C)c1C. The molecule has 116 valence electrons. The molecule has 2 aromatic rings. The Morgan fingerprint density at radius 3 is 2.77 bits per heavy atom. The molecule has 0 spiro atoms. The van der Waals surface area contributed by atoms with Crippen molar-refractivity contribution in [3.05, 3.63) is 39.5 Å². The van der Waals surface area contributed by atoms with Crippen LogP contribution in [0.1, 0.15) is 20.8 Å². The van der Waals surface area contributed by atoms with E-state index in [4.69, 9.17) is 28.6 Å². The highest BCUT2D eigenvalue weighted by atomic mass is 35.5. The van der Waals surface area contributed by atoms with E-state index < -0.39 is 5.97 Å². The fourth-order valence-electron chi connectivity index (χ4n) is 1.80. The third kappa shape index (κ3) is 3.55. The minimum atomic E-state index is -0.397. The number of pyridine rings is 1. The van der Waals surface area contributed by atoms with E-state index in [2.05, 4.69) is 15.6 Å². The van der Waals surface area contributed by atoms with Crippen LogP contribution in [0.3, 0.4) is 0 Å². The minimum absolute atomic E-state index is 0.318. The van der Waals surface area contributed by atoms with Gasteiger partial charge in [-0.05, 0) is 43.8 Å². The summed E-state index contributed by atoms with van der Waals surface area (Å²) in [5, 5.41) is 7.24. The van der Waals surface area contributed by atoms with Gasteiger partial charge in [-0.1, -0.05) is 11.6 Å². The fourth-order valence-corrected chi connectivity index (χ4v) is 3.29. The Bertz CT molecular complexity index is 731. The average molecular weight is 356 g/mol. The van der Waals surface area contributed by atoms with Crippen LogP contribution in [0.15, 0.2) is 18.3 Å². The van der Waals surface area contributed by atoms with Crippen molar-refractivity contribution in [2.24, 2.45) is 0 Å². The Hall–Kier alpha value is -1.70. The summed E-state index contributed by atoms with van der Waals surface area (Å²) in [6.07, 6.45) is 1.59. The van der Waals surface area contributed by atoms with E-state index in [1.54, 1.807) is 18.3 Å². The minimum Gasteiger partial charge on any atom is -0.465 e. The predicted octanol–water partition coefficient (Wildman–Crippen LogP) is 4.01. The quantitative estimate of drug-likeness (QED) is 0.492. The summed E-state index contributed by atoms with van der Waals surface area (Å²) in [6.45, 7) is 3.81. The van der Waals surface area contributed by atoms with Gasteiger partial charge in [0.1, 0.15) is 5.00 Å². The number of nitrogens with one attached hydrogen (secondary N) is 2. The van der Waals surface area contributed by atoms with E-state index in [0.29, 0.717) is 26.5 Å². The number of aromatic nitrogens is 1. The number of anilines is 2. The molecule has 0 aliphatic rings. The van der Waals surface area contributed by atoms with Gasteiger partial charge >= 0.3 is 5.97 Å². The average Bonchev–Trinajstić information content (AvgIpc) is 2.75. The van der Waals surface area contributed by atoms with Crippen molar-refractivity contribution >= 4 is 56.9 Å². The second-order valence-electron chi connectivity index (χ2n) is 4.40. The van der Waals surface area contributed by atoms with E-state index in [1.165, 1.54) is 18.4 Å². The van der Waals surface area contributed by atoms with E-state index in [9.17, 15) is 4.79 Å². The molecule has 2 heterocycles. The number of hydrogen-bond donors (Lipinski definition) is 2. The molecule has 0 unspecified atom stereocenters. The van der Waals surface area contributed by atoms with E-state index in [0.717, 1.165) is 10.4 Å². The number of aryl methyl sites for hydroxylation is 1. The topological polar surface area (TPSA) is 63.2 Å². The number of hydrogen-bond acceptors (Lipinski definition) is 5. The van der Waals surface area contributed by atoms with Crippen molar-refractivity contribution in [3.8, 4) is 0 Å². The molecule has 0 saturated heterocycles. The molecule has 0 saturated carbocycles. The molecule has 0 radical (unpaired) electrons. The van der Waals surface area contributed by atoms with E-state index in [1.807, 2.05) is 13.8 Å². The van der Waals surface area contributed by atoms with Gasteiger partial charge in [0.15, 0.2) is 10.3 Å². The molecule has 0 aliphatic heterocycles. The molecule has 5 nitrogen and oxygen atoms in total. The first-order chi connectivity index (χ1) is 10.4. The molecule has 2 aromatic heterocycles. The van der Waals surface area contributed by atoms with Crippen molar-refractivity contribution in [1.29, 1.82) is 0 Å². The molecule has 2 N–H and O–H groups in total. The van der Waals surface area contributed by atoms with Crippen LogP contribution in [0.4, 0.5) is 10.7 Å². The molecule has 0 amide bonds. The summed E-state index contributed by atoms with van der Waals surface area (Å²) in [4.78, 5) is 16.9. The van der Waals surface area contributed by atoms with Gasteiger partial charge in [0.05, 0.1) is 18.4 Å². The molecule has 8 heteroatoms. The van der Waals surface area contributed by atoms with Crippen LogP contribution >= 0.6 is 35.2 Å². The Morgan fingerprint density at radius 2 is 2.14 bits per heavy atom. The predicted molar refractivity (Wildman–Crippen MR) is 94.2 cm³/mol. The highest BCUT2D eigenvalue weighted by molar-refractivity contribution is 7.80. The van der Waals surface area contributed by atoms with Gasteiger partial charge in [-0.3, -0.25) is 0 Å². The van der Waals surface area contributed by atoms with Crippen LogP contribution in [0.5, 0.6) is 0 Å². The third-order valence-corrected chi connectivity index (χ3v) is 4.64. The number of thiophene rings is 1. The zero-order valence-corrected chi connectivity index (χ0v) is 14.6. The summed E-state index contributed by atoms with van der Waals surface area (Å²) in [7, 11) is 1.35. The highest BCUT2D eigenvalue weighted by Crippen LogP contribution is 2.33. The number of carbonyl (C=O) groups excluding carboxylic acids is 1. The lowest BCUT2D eigenvalue weighted by atomic mass is 10.1. The lowest BCUT2D eigenvalue weighted by molar-refractivity contribution is 0.0601. The van der Waals surface area contributed by atoms with Gasteiger partial charge in [-0.15, -0.1) is 11.3 Å². The summed E-state index contributed by atoms with van der Waals surface area (Å²) in [6, 6.07) is 3.51. The van der Waals surface area contributed by atoms with Gasteiger partial charge in [0.2, 0.25) is 0 Å². The number of thiocarbonyl (C=S) groups is 1. The van der Waals surface area contributed by atoms with Gasteiger partial charge in [-0.25, -0.2) is 9.78 Å². The van der Waals surface area contributed by atoms with Gasteiger partial charge in [0.25, 0.3) is 0 Å². The first-order valence-corrected chi connectivity index (χ1v) is 7.91. The lowest BCUT2D eigenvalue weighted by Gasteiger charge is -2.11. The Kier molecular flexibility index (Phi) is 5.33. The smallest absolute Gasteiger partial charge is 0.341 e. The maximum absolute atomic E-state index is 11.9. The second kappa shape index (κ2) is 7.04. The molecular weight excluding hydrogens is 342 g/mol. The zero-order valence-electron chi connectivity index (χ0n) is 12.2. The Labute approximate surface area is 142 Å². The summed E-state index contributed by atoms with van der Waals surface area (Å²) in [5.41, 5.74) is 1.96. The molecule has 2 rings (SSSR count). The second-order valence-corrected chi connectivity index (χ2v) is 6.39. The van der Waals surface area contributed by atoms with E-state index >= 15 is 0 Å². The van der Waals surface area contributed by atoms with Crippen LogP contribution in [0.25, 0.3) is 0 Å². The van der Waals surface area contributed by atoms with Gasteiger partial charge in [0, 0.05) is 11.1 Å². The number of halogens is 1. The van der Waals surface area contributed by atoms with Crippen molar-refractivity contribution in [1.82, 2.24) is 4.98 Å². The fraction of sp³-hybridized carbons (Fsp3) is 0.214. The molecule has 0 bridgehead atoms. The highest BCUT2D eigenvalue weighted by Gasteiger charge is 2.20. The maximum atomic E-state index is 11.9. The Morgan fingerprint density at radius 1 is 1.41 bits per heavy atom. The first-order valence-electron chi connectivity index (χ1n) is 6.30. The molecule has 0 atom stereocenters. The molecule has 0 aromatic carbocycles. The first kappa shape index (κ1) is 16.7. The number of carbonyl (C=O) groups is 1. The Balaban J connectivity index is 2.21. The monoisotopic (exact) mass is 355 g/mol. The maximum Gasteiger partial charge on any atom is 0.341 e. The van der Waals surface area contributed by atoms with Crippen molar-refractivity contribution < 1.29 is 9.53 Å². The molecule has 0 fully saturated rings. The number of methoxy groups -OCH3 is 1. The number of nitrogens with zero attached hydrogens (tertiary/aromatic N) is 1. The lowest BCUT2D eigenvalue weighted by Crippen LogP contribution is -2.20. The molecule has 22 heavy (non-hydrogen) atoms. The number of rotatable bonds is 3. The number of esters is 1. The van der Waals surface area contributed by atoms with Gasteiger partial charge in [-0.2, -0.15) is 0 Å². The van der Waals surface area contributed by atoms with Crippen LogP contribution < -0.4 is 10.6 Å². The third-order valence-electron chi connectivity index (χ3n) is 3.01. The molecule has 0 aliphatic carbocycles. The molecular formula is C14H14ClN3O2S2. The summed E-state index contributed by atoms with van der Waals surface area (Å²) < 4.78 is 4.82. The van der Waals surface area contributed by atoms with Crippen molar-refractivity contribution in [3.63, 3.8) is 0 Å². The van der Waals surface area contributed by atoms with E-state index in [-0.39, 0.29) is 0 Å². The summed E-state index contributed by atoms with van der Waals surface area (Å²) in [5.74, 6) is -0.397. The summed E-state index contributed by atoms with van der Waals surface area (Å²) >= 11 is 12.7.